The topological polar surface area (TPSA) is 108 Å². The van der Waals surface area contributed by atoms with Gasteiger partial charge >= 0.3 is 12.0 Å². The van der Waals surface area contributed by atoms with Crippen LogP contribution in [0.1, 0.15) is 30.9 Å². The fraction of sp³-hybridized carbons (Fsp3) is 0.448. The molecule has 212 valence electrons. The summed E-state index contributed by atoms with van der Waals surface area (Å²) in [6.07, 6.45) is 0.201. The number of Topliss-reactive ketones (excluding diaryl/α,β-unsaturated/α-hetero) is 1. The first-order valence-corrected chi connectivity index (χ1v) is 13.7. The number of hydrogen-bond donors (Lipinski definition) is 1. The van der Waals surface area contributed by atoms with E-state index in [0.717, 1.165) is 16.2 Å². The number of para-hydroxylation sites is 1. The summed E-state index contributed by atoms with van der Waals surface area (Å²) in [5.74, 6) is -3.33. The molecular formula is C29H34FN5O5. The third-order valence-corrected chi connectivity index (χ3v) is 7.48. The van der Waals surface area contributed by atoms with Crippen LogP contribution in [-0.2, 0) is 20.7 Å². The number of likely N-dealkylation sites (tertiary alicyclic amines) is 1. The minimum absolute atomic E-state index is 0.0323. The maximum Gasteiger partial charge on any atom is 0.322 e. The maximum absolute atomic E-state index is 16.2. The third-order valence-electron chi connectivity index (χ3n) is 7.48. The van der Waals surface area contributed by atoms with Crippen LogP contribution in [0.3, 0.4) is 0 Å². The lowest BCUT2D eigenvalue weighted by atomic mass is 9.99. The number of aryl methyl sites for hydroxylation is 1. The van der Waals surface area contributed by atoms with Crippen LogP contribution in [0, 0.1) is 6.92 Å². The second-order valence-electron chi connectivity index (χ2n) is 10.2. The number of ketones is 1. The van der Waals surface area contributed by atoms with Crippen molar-refractivity contribution in [2.24, 2.45) is 0 Å². The van der Waals surface area contributed by atoms with Crippen molar-refractivity contribution < 1.29 is 27.9 Å². The van der Waals surface area contributed by atoms with Gasteiger partial charge in [-0.05, 0) is 49.6 Å². The number of nitrogens with zero attached hydrogens (tertiary/aromatic N) is 4. The first kappa shape index (κ1) is 27.6. The van der Waals surface area contributed by atoms with Gasteiger partial charge in [0.2, 0.25) is 5.79 Å². The number of halogens is 1. The van der Waals surface area contributed by atoms with Crippen LogP contribution < -0.4 is 5.32 Å². The predicted molar refractivity (Wildman–Crippen MR) is 147 cm³/mol. The quantitative estimate of drug-likeness (QED) is 0.330. The van der Waals surface area contributed by atoms with Gasteiger partial charge in [0, 0.05) is 51.3 Å². The summed E-state index contributed by atoms with van der Waals surface area (Å²) in [5, 5.41) is 3.16. The molecule has 2 saturated heterocycles. The summed E-state index contributed by atoms with van der Waals surface area (Å²) < 4.78 is 27.0. The fourth-order valence-corrected chi connectivity index (χ4v) is 5.26. The van der Waals surface area contributed by atoms with Crippen LogP contribution >= 0.6 is 0 Å². The van der Waals surface area contributed by atoms with E-state index in [9.17, 15) is 14.4 Å². The third kappa shape index (κ3) is 5.79. The number of esters is 1. The molecule has 1 unspecified atom stereocenters. The van der Waals surface area contributed by atoms with E-state index in [2.05, 4.69) is 10.3 Å². The molecule has 0 bridgehead atoms. The lowest BCUT2D eigenvalue weighted by Gasteiger charge is -2.39. The van der Waals surface area contributed by atoms with Crippen molar-refractivity contribution >= 4 is 40.6 Å². The molecule has 1 atom stereocenters. The van der Waals surface area contributed by atoms with Crippen LogP contribution in [0.2, 0.25) is 0 Å². The highest BCUT2D eigenvalue weighted by Gasteiger charge is 2.51. The molecule has 10 nitrogen and oxygen atoms in total. The highest BCUT2D eigenvalue weighted by Crippen LogP contribution is 2.34. The summed E-state index contributed by atoms with van der Waals surface area (Å²) in [6.45, 7) is 6.03. The first-order valence-electron chi connectivity index (χ1n) is 13.7. The van der Waals surface area contributed by atoms with E-state index in [4.69, 9.17) is 9.15 Å². The zero-order valence-corrected chi connectivity index (χ0v) is 22.8. The van der Waals surface area contributed by atoms with Gasteiger partial charge in [0.15, 0.2) is 11.4 Å². The normalized spacial score (nSPS) is 19.7. The molecule has 2 amide bonds. The number of nitrogens with one attached hydrogen (secondary N) is 1. The van der Waals surface area contributed by atoms with Crippen molar-refractivity contribution in [1.29, 1.82) is 0 Å². The van der Waals surface area contributed by atoms with Gasteiger partial charge in [-0.3, -0.25) is 19.4 Å². The highest BCUT2D eigenvalue weighted by molar-refractivity contribution is 5.93. The van der Waals surface area contributed by atoms with Crippen molar-refractivity contribution in [3.8, 4) is 0 Å². The van der Waals surface area contributed by atoms with E-state index >= 15 is 4.39 Å². The number of hydrogen-bond acceptors (Lipinski definition) is 8. The highest BCUT2D eigenvalue weighted by atomic mass is 19.1. The standard InChI is InChI=1S/C29H34FN5O5/c1-3-39-26(37)19-33-13-15-34(16-14-33)28(38)35-12-6-11-29(35,30)25(36)18-21-9-10-23-24(17-21)40-27(32-23)31-22-8-5-4-7-20(22)2/h4-5,7-10,17H,3,6,11-16,18-19H2,1-2H3,(H,31,32). The Kier molecular flexibility index (Phi) is 8.02. The molecule has 0 radical (unpaired) electrons. The van der Waals surface area contributed by atoms with Crippen LogP contribution in [0.15, 0.2) is 46.9 Å². The Morgan fingerprint density at radius 2 is 1.88 bits per heavy atom. The van der Waals surface area contributed by atoms with E-state index in [0.29, 0.717) is 61.9 Å². The molecule has 2 fully saturated rings. The van der Waals surface area contributed by atoms with E-state index in [1.807, 2.05) is 36.1 Å². The summed E-state index contributed by atoms with van der Waals surface area (Å²) >= 11 is 0. The molecule has 3 aromatic rings. The molecule has 2 aliphatic rings. The van der Waals surface area contributed by atoms with E-state index < -0.39 is 17.6 Å². The lowest BCUT2D eigenvalue weighted by Crippen LogP contribution is -2.58. The fourth-order valence-electron chi connectivity index (χ4n) is 5.26. The minimum atomic E-state index is -2.37. The summed E-state index contributed by atoms with van der Waals surface area (Å²) in [5.41, 5.74) is 3.59. The number of carbonyl (C=O) groups excluding carboxylic acids is 3. The Labute approximate surface area is 232 Å². The Bertz CT molecular complexity index is 1400. The maximum atomic E-state index is 16.2. The molecule has 2 aliphatic heterocycles. The second kappa shape index (κ2) is 11.6. The summed E-state index contributed by atoms with van der Waals surface area (Å²) in [7, 11) is 0. The summed E-state index contributed by atoms with van der Waals surface area (Å²) in [6, 6.07) is 12.8. The molecule has 11 heteroatoms. The van der Waals surface area contributed by atoms with Gasteiger partial charge in [-0.25, -0.2) is 9.18 Å². The zero-order valence-electron chi connectivity index (χ0n) is 22.8. The molecule has 1 N–H and O–H groups in total. The van der Waals surface area contributed by atoms with E-state index in [1.165, 1.54) is 0 Å². The van der Waals surface area contributed by atoms with Crippen molar-refractivity contribution in [3.05, 3.63) is 53.6 Å². The summed E-state index contributed by atoms with van der Waals surface area (Å²) in [4.78, 5) is 47.3. The average molecular weight is 552 g/mol. The molecule has 2 aromatic carbocycles. The van der Waals surface area contributed by atoms with Crippen LogP contribution in [0.4, 0.5) is 20.9 Å². The minimum Gasteiger partial charge on any atom is -0.465 e. The van der Waals surface area contributed by atoms with Gasteiger partial charge in [-0.1, -0.05) is 24.3 Å². The number of oxazole rings is 1. The molecule has 0 aliphatic carbocycles. The molecule has 0 saturated carbocycles. The molecule has 5 rings (SSSR count). The van der Waals surface area contributed by atoms with Gasteiger partial charge in [0.1, 0.15) is 5.52 Å². The number of benzene rings is 2. The lowest BCUT2D eigenvalue weighted by molar-refractivity contribution is -0.145. The van der Waals surface area contributed by atoms with Crippen molar-refractivity contribution in [2.75, 3.05) is 51.2 Å². The van der Waals surface area contributed by atoms with Crippen molar-refractivity contribution in [2.45, 2.75) is 38.9 Å². The average Bonchev–Trinajstić information content (AvgIpc) is 3.53. The smallest absolute Gasteiger partial charge is 0.322 e. The van der Waals surface area contributed by atoms with Crippen LogP contribution in [-0.4, -0.2) is 89.1 Å². The van der Waals surface area contributed by atoms with Crippen molar-refractivity contribution in [1.82, 2.24) is 19.7 Å². The monoisotopic (exact) mass is 551 g/mol. The number of anilines is 2. The number of fused-ring (bicyclic) bond motifs is 1. The first-order chi connectivity index (χ1) is 19.3. The van der Waals surface area contributed by atoms with Crippen LogP contribution in [0.5, 0.6) is 0 Å². The molecule has 3 heterocycles. The van der Waals surface area contributed by atoms with E-state index in [1.54, 1.807) is 30.0 Å². The second-order valence-corrected chi connectivity index (χ2v) is 10.2. The number of piperazine rings is 1. The SMILES string of the molecule is CCOC(=O)CN1CCN(C(=O)N2CCCC2(F)C(=O)Cc2ccc3nc(Nc4ccccc4C)oc3c2)CC1. The zero-order chi connectivity index (χ0) is 28.3. The molecule has 40 heavy (non-hydrogen) atoms. The molecule has 0 spiro atoms. The Morgan fingerprint density at radius 3 is 2.62 bits per heavy atom. The van der Waals surface area contributed by atoms with Crippen molar-refractivity contribution in [3.63, 3.8) is 0 Å². The molecule has 1 aromatic heterocycles. The number of alkyl halides is 1. The van der Waals surface area contributed by atoms with Gasteiger partial charge < -0.3 is 19.4 Å². The number of aromatic nitrogens is 1. The Balaban J connectivity index is 1.22. The number of rotatable bonds is 8. The Morgan fingerprint density at radius 1 is 1.10 bits per heavy atom. The van der Waals surface area contributed by atoms with Gasteiger partial charge in [0.25, 0.3) is 6.01 Å². The number of urea groups is 1. The molecular weight excluding hydrogens is 517 g/mol. The predicted octanol–water partition coefficient (Wildman–Crippen LogP) is 4.05. The largest absolute Gasteiger partial charge is 0.465 e. The number of carbonyl (C=O) groups is 3. The number of ether oxygens (including phenoxy) is 1. The Hall–Kier alpha value is -3.99. The van der Waals surface area contributed by atoms with Crippen LogP contribution in [0.25, 0.3) is 11.1 Å². The van der Waals surface area contributed by atoms with Gasteiger partial charge in [-0.15, -0.1) is 0 Å². The van der Waals surface area contributed by atoms with Gasteiger partial charge in [0.05, 0.1) is 13.2 Å². The van der Waals surface area contributed by atoms with E-state index in [-0.39, 0.29) is 31.9 Å². The van der Waals surface area contributed by atoms with Gasteiger partial charge in [-0.2, -0.15) is 4.98 Å². The number of amides is 2.